The minimum Gasteiger partial charge on any atom is -0.329 e. The summed E-state index contributed by atoms with van der Waals surface area (Å²) < 4.78 is 67.9. The fraction of sp³-hybridized carbons (Fsp3) is 0.125. The Morgan fingerprint density at radius 2 is 1.67 bits per heavy atom. The van der Waals surface area contributed by atoms with Gasteiger partial charge in [-0.15, -0.1) is 0 Å². The second kappa shape index (κ2) is 6.03. The van der Waals surface area contributed by atoms with E-state index in [9.17, 15) is 22.0 Å². The molecule has 0 aliphatic carbocycles. The Morgan fingerprint density at radius 3 is 2.25 bits per heavy atom. The van der Waals surface area contributed by atoms with Gasteiger partial charge in [0.05, 0.1) is 0 Å². The number of hydrogen-bond donors (Lipinski definition) is 0. The number of aromatic nitrogens is 2. The smallest absolute Gasteiger partial charge is 0.329 e. The zero-order valence-electron chi connectivity index (χ0n) is 11.9. The van der Waals surface area contributed by atoms with E-state index in [4.69, 9.17) is 0 Å². The average molecular weight is 340 g/mol. The van der Waals surface area contributed by atoms with Gasteiger partial charge in [-0.3, -0.25) is 0 Å². The third kappa shape index (κ3) is 3.42. The van der Waals surface area contributed by atoms with Crippen molar-refractivity contribution in [2.45, 2.75) is 12.6 Å². The van der Waals surface area contributed by atoms with Crippen LogP contribution in [0.2, 0.25) is 0 Å². The van der Waals surface area contributed by atoms with Crippen molar-refractivity contribution in [3.63, 3.8) is 0 Å². The second-order valence-electron chi connectivity index (χ2n) is 5.03. The maximum absolute atomic E-state index is 13.6. The monoisotopic (exact) mass is 340 g/mol. The lowest BCUT2D eigenvalue weighted by molar-refractivity contribution is -0.159. The molecule has 3 nitrogen and oxygen atoms in total. The highest BCUT2D eigenvalue weighted by Gasteiger charge is 2.38. The van der Waals surface area contributed by atoms with Crippen molar-refractivity contribution in [2.24, 2.45) is 0 Å². The first-order chi connectivity index (χ1) is 11.3. The van der Waals surface area contributed by atoms with Crippen LogP contribution in [0.15, 0.2) is 47.0 Å². The Kier molecular flexibility index (Phi) is 4.04. The predicted molar refractivity (Wildman–Crippen MR) is 73.9 cm³/mol. The molecule has 0 fully saturated rings. The van der Waals surface area contributed by atoms with Gasteiger partial charge < -0.3 is 4.52 Å². The van der Waals surface area contributed by atoms with Gasteiger partial charge in [-0.1, -0.05) is 35.5 Å². The van der Waals surface area contributed by atoms with E-state index in [-0.39, 0.29) is 12.2 Å². The summed E-state index contributed by atoms with van der Waals surface area (Å²) in [4.78, 5) is 3.28. The molecule has 2 aromatic carbocycles. The number of alkyl halides is 3. The van der Waals surface area contributed by atoms with Gasteiger partial charge in [-0.05, 0) is 17.2 Å². The van der Waals surface area contributed by atoms with Crippen LogP contribution in [0.5, 0.6) is 0 Å². The molecule has 0 radical (unpaired) electrons. The highest BCUT2D eigenvalue weighted by atomic mass is 19.4. The topological polar surface area (TPSA) is 38.9 Å². The molecule has 3 aromatic rings. The van der Waals surface area contributed by atoms with Gasteiger partial charge in [0.2, 0.25) is 5.82 Å². The Balaban J connectivity index is 1.79. The third-order valence-electron chi connectivity index (χ3n) is 3.29. The maximum atomic E-state index is 13.6. The summed E-state index contributed by atoms with van der Waals surface area (Å²) in [7, 11) is 0. The van der Waals surface area contributed by atoms with Crippen LogP contribution in [0.1, 0.15) is 17.0 Å². The summed E-state index contributed by atoms with van der Waals surface area (Å²) in [5.74, 6) is -2.94. The van der Waals surface area contributed by atoms with Crippen molar-refractivity contribution in [1.82, 2.24) is 10.1 Å². The van der Waals surface area contributed by atoms with Crippen LogP contribution in [-0.4, -0.2) is 10.1 Å². The number of nitrogens with zero attached hydrogens (tertiary/aromatic N) is 2. The molecule has 0 amide bonds. The summed E-state index contributed by atoms with van der Waals surface area (Å²) in [5.41, 5.74) is 1.34. The molecular weight excluding hydrogens is 331 g/mol. The van der Waals surface area contributed by atoms with Crippen LogP contribution >= 0.6 is 0 Å². The molecule has 0 aliphatic heterocycles. The normalized spacial score (nSPS) is 11.7. The molecule has 0 N–H and O–H groups in total. The van der Waals surface area contributed by atoms with Crippen molar-refractivity contribution in [3.8, 4) is 11.4 Å². The first kappa shape index (κ1) is 16.1. The van der Waals surface area contributed by atoms with Crippen LogP contribution in [0.4, 0.5) is 22.0 Å². The van der Waals surface area contributed by atoms with Gasteiger partial charge in [0.15, 0.2) is 0 Å². The van der Waals surface area contributed by atoms with E-state index >= 15 is 0 Å². The molecule has 3 rings (SSSR count). The van der Waals surface area contributed by atoms with Crippen molar-refractivity contribution in [2.75, 3.05) is 0 Å². The Labute approximate surface area is 132 Å². The van der Waals surface area contributed by atoms with E-state index in [0.717, 1.165) is 12.1 Å². The Morgan fingerprint density at radius 1 is 0.958 bits per heavy atom. The van der Waals surface area contributed by atoms with Gasteiger partial charge in [-0.2, -0.15) is 18.2 Å². The fourth-order valence-corrected chi connectivity index (χ4v) is 2.11. The van der Waals surface area contributed by atoms with Crippen LogP contribution in [0.25, 0.3) is 11.4 Å². The predicted octanol–water partition coefficient (Wildman–Crippen LogP) is 4.62. The Hall–Kier alpha value is -2.77. The summed E-state index contributed by atoms with van der Waals surface area (Å²) in [6.45, 7) is 0. The zero-order chi connectivity index (χ0) is 17.3. The number of rotatable bonds is 3. The molecule has 1 aromatic heterocycles. The maximum Gasteiger partial charge on any atom is 0.471 e. The van der Waals surface area contributed by atoms with Gasteiger partial charge >= 0.3 is 12.1 Å². The second-order valence-corrected chi connectivity index (χ2v) is 5.03. The lowest BCUT2D eigenvalue weighted by atomic mass is 10.0. The standard InChI is InChI=1S/C16H9F5N2O/c17-12-6-5-11(13(18)8-12)7-9-1-3-10(4-2-9)14-22-15(24-23-14)16(19,20)21/h1-6,8H,7H2. The van der Waals surface area contributed by atoms with Crippen molar-refractivity contribution in [3.05, 3.63) is 71.1 Å². The molecule has 124 valence electrons. The fourth-order valence-electron chi connectivity index (χ4n) is 2.11. The van der Waals surface area contributed by atoms with Crippen LogP contribution in [0.3, 0.4) is 0 Å². The molecule has 1 heterocycles. The van der Waals surface area contributed by atoms with Gasteiger partial charge in [0.25, 0.3) is 0 Å². The largest absolute Gasteiger partial charge is 0.471 e. The number of halogens is 5. The van der Waals surface area contributed by atoms with Crippen molar-refractivity contribution >= 4 is 0 Å². The molecular formula is C16H9F5N2O. The van der Waals surface area contributed by atoms with E-state index in [1.165, 1.54) is 18.2 Å². The lowest BCUT2D eigenvalue weighted by Gasteiger charge is -2.04. The minimum atomic E-state index is -4.70. The molecule has 0 spiro atoms. The molecule has 24 heavy (non-hydrogen) atoms. The summed E-state index contributed by atoms with van der Waals surface area (Å²) in [5, 5.41) is 3.28. The molecule has 0 saturated heterocycles. The number of hydrogen-bond acceptors (Lipinski definition) is 3. The summed E-state index contributed by atoms with van der Waals surface area (Å²) in [6, 6.07) is 9.49. The van der Waals surface area contributed by atoms with Gasteiger partial charge in [-0.25, -0.2) is 8.78 Å². The first-order valence-corrected chi connectivity index (χ1v) is 6.77. The molecule has 0 bridgehead atoms. The quantitative estimate of drug-likeness (QED) is 0.653. The van der Waals surface area contributed by atoms with Crippen LogP contribution in [0, 0.1) is 11.6 Å². The molecule has 0 saturated carbocycles. The molecule has 0 unspecified atom stereocenters. The molecule has 0 atom stereocenters. The first-order valence-electron chi connectivity index (χ1n) is 6.77. The minimum absolute atomic E-state index is 0.193. The molecule has 8 heteroatoms. The average Bonchev–Trinajstić information content (AvgIpc) is 3.01. The van der Waals surface area contributed by atoms with Crippen LogP contribution in [-0.2, 0) is 12.6 Å². The SMILES string of the molecule is Fc1ccc(Cc2ccc(-c3noc(C(F)(F)F)n3)cc2)c(F)c1. The van der Waals surface area contributed by atoms with E-state index in [1.54, 1.807) is 12.1 Å². The van der Waals surface area contributed by atoms with E-state index in [2.05, 4.69) is 14.7 Å². The number of benzene rings is 2. The van der Waals surface area contributed by atoms with Crippen molar-refractivity contribution in [1.29, 1.82) is 0 Å². The van der Waals surface area contributed by atoms with E-state index in [0.29, 0.717) is 16.7 Å². The zero-order valence-corrected chi connectivity index (χ0v) is 11.9. The van der Waals surface area contributed by atoms with Crippen molar-refractivity contribution < 1.29 is 26.5 Å². The highest BCUT2D eigenvalue weighted by molar-refractivity contribution is 5.55. The van der Waals surface area contributed by atoms with Gasteiger partial charge in [0.1, 0.15) is 11.6 Å². The van der Waals surface area contributed by atoms with E-state index in [1.807, 2.05) is 0 Å². The van der Waals surface area contributed by atoms with Gasteiger partial charge in [0, 0.05) is 18.1 Å². The summed E-state index contributed by atoms with van der Waals surface area (Å²) >= 11 is 0. The Bertz CT molecular complexity index is 856. The highest BCUT2D eigenvalue weighted by Crippen LogP contribution is 2.29. The van der Waals surface area contributed by atoms with Crippen LogP contribution < -0.4 is 0 Å². The third-order valence-corrected chi connectivity index (χ3v) is 3.29. The lowest BCUT2D eigenvalue weighted by Crippen LogP contribution is -2.04. The molecule has 0 aliphatic rings. The summed E-state index contributed by atoms with van der Waals surface area (Å²) in [6.07, 6.45) is -4.49. The van der Waals surface area contributed by atoms with E-state index < -0.39 is 23.7 Å².